The first-order valence-corrected chi connectivity index (χ1v) is 6.92. The molecule has 0 bridgehead atoms. The molecule has 90 valence electrons. The Balaban J connectivity index is 1.85. The van der Waals surface area contributed by atoms with Crippen LogP contribution in [0.25, 0.3) is 0 Å². The maximum absolute atomic E-state index is 4.64. The molecule has 1 aromatic rings. The standard InChI is InChI=1S/C12H21N3S/c1-9(2)13-6-11-8-16-12(14-11)15(3)7-10-4-5-10/h8-10,13H,4-7H2,1-3H3. The molecule has 0 atom stereocenters. The molecule has 4 heteroatoms. The molecule has 0 aliphatic heterocycles. The highest BCUT2D eigenvalue weighted by atomic mass is 32.1. The molecular formula is C12H21N3S. The summed E-state index contributed by atoms with van der Waals surface area (Å²) in [5.41, 5.74) is 1.16. The fourth-order valence-corrected chi connectivity index (χ4v) is 2.43. The van der Waals surface area contributed by atoms with Gasteiger partial charge in [0.15, 0.2) is 5.13 Å². The van der Waals surface area contributed by atoms with Crippen LogP contribution in [0.4, 0.5) is 5.13 Å². The van der Waals surface area contributed by atoms with Gasteiger partial charge in [-0.2, -0.15) is 0 Å². The SMILES string of the molecule is CC(C)NCc1csc(N(C)CC2CC2)n1. The van der Waals surface area contributed by atoms with Crippen LogP contribution in [0.15, 0.2) is 5.38 Å². The van der Waals surface area contributed by atoms with Crippen LogP contribution in [0.1, 0.15) is 32.4 Å². The first-order chi connectivity index (χ1) is 7.65. The van der Waals surface area contributed by atoms with Crippen molar-refractivity contribution in [1.82, 2.24) is 10.3 Å². The minimum absolute atomic E-state index is 0.523. The van der Waals surface area contributed by atoms with E-state index in [-0.39, 0.29) is 0 Å². The summed E-state index contributed by atoms with van der Waals surface area (Å²) < 4.78 is 0. The summed E-state index contributed by atoms with van der Waals surface area (Å²) in [7, 11) is 2.15. The summed E-state index contributed by atoms with van der Waals surface area (Å²) in [6.45, 7) is 6.37. The zero-order chi connectivity index (χ0) is 11.5. The average molecular weight is 239 g/mol. The highest BCUT2D eigenvalue weighted by Gasteiger charge is 2.23. The molecule has 0 aromatic carbocycles. The molecule has 1 saturated carbocycles. The first kappa shape index (κ1) is 11.9. The molecule has 1 aliphatic rings. The molecule has 1 aliphatic carbocycles. The second-order valence-corrected chi connectivity index (χ2v) is 5.82. The van der Waals surface area contributed by atoms with Gasteiger partial charge in [0.2, 0.25) is 0 Å². The summed E-state index contributed by atoms with van der Waals surface area (Å²) in [5.74, 6) is 0.922. The fraction of sp³-hybridized carbons (Fsp3) is 0.750. The predicted octanol–water partition coefficient (Wildman–Crippen LogP) is 2.49. The second-order valence-electron chi connectivity index (χ2n) is 4.98. The van der Waals surface area contributed by atoms with Gasteiger partial charge in [-0.15, -0.1) is 11.3 Å². The van der Waals surface area contributed by atoms with Crippen LogP contribution in [0.2, 0.25) is 0 Å². The van der Waals surface area contributed by atoms with Crippen molar-refractivity contribution in [3.8, 4) is 0 Å². The van der Waals surface area contributed by atoms with Gasteiger partial charge in [0.1, 0.15) is 0 Å². The lowest BCUT2D eigenvalue weighted by Gasteiger charge is -2.14. The molecule has 1 heterocycles. The highest BCUT2D eigenvalue weighted by molar-refractivity contribution is 7.13. The molecular weight excluding hydrogens is 218 g/mol. The number of nitrogens with one attached hydrogen (secondary N) is 1. The lowest BCUT2D eigenvalue weighted by molar-refractivity contribution is 0.583. The van der Waals surface area contributed by atoms with Crippen LogP contribution in [0, 0.1) is 5.92 Å². The van der Waals surface area contributed by atoms with E-state index in [0.717, 1.165) is 23.3 Å². The summed E-state index contributed by atoms with van der Waals surface area (Å²) >= 11 is 1.75. The monoisotopic (exact) mass is 239 g/mol. The van der Waals surface area contributed by atoms with Crippen LogP contribution in [-0.2, 0) is 6.54 Å². The molecule has 2 rings (SSSR count). The minimum Gasteiger partial charge on any atom is -0.351 e. The summed E-state index contributed by atoms with van der Waals surface area (Å²) in [6, 6.07) is 0.523. The molecule has 1 aromatic heterocycles. The molecule has 0 radical (unpaired) electrons. The van der Waals surface area contributed by atoms with Gasteiger partial charge in [0.25, 0.3) is 0 Å². The molecule has 0 amide bonds. The van der Waals surface area contributed by atoms with E-state index in [1.807, 2.05) is 0 Å². The highest BCUT2D eigenvalue weighted by Crippen LogP contribution is 2.31. The third-order valence-corrected chi connectivity index (χ3v) is 3.79. The normalized spacial score (nSPS) is 15.8. The number of hydrogen-bond acceptors (Lipinski definition) is 4. The van der Waals surface area contributed by atoms with E-state index in [4.69, 9.17) is 0 Å². The van der Waals surface area contributed by atoms with Gasteiger partial charge >= 0.3 is 0 Å². The summed E-state index contributed by atoms with van der Waals surface area (Å²) in [6.07, 6.45) is 2.80. The maximum atomic E-state index is 4.64. The largest absolute Gasteiger partial charge is 0.351 e. The van der Waals surface area contributed by atoms with Gasteiger partial charge < -0.3 is 10.2 Å². The van der Waals surface area contributed by atoms with Crippen LogP contribution in [-0.4, -0.2) is 24.6 Å². The van der Waals surface area contributed by atoms with Crippen molar-refractivity contribution in [2.24, 2.45) is 5.92 Å². The second kappa shape index (κ2) is 5.15. The molecule has 1 N–H and O–H groups in total. The van der Waals surface area contributed by atoms with Crippen molar-refractivity contribution >= 4 is 16.5 Å². The Morgan fingerprint density at radius 3 is 2.94 bits per heavy atom. The number of nitrogens with zero attached hydrogens (tertiary/aromatic N) is 2. The number of aromatic nitrogens is 1. The van der Waals surface area contributed by atoms with Crippen LogP contribution in [0.3, 0.4) is 0 Å². The van der Waals surface area contributed by atoms with Gasteiger partial charge in [-0.1, -0.05) is 13.8 Å². The minimum atomic E-state index is 0.523. The Morgan fingerprint density at radius 2 is 2.31 bits per heavy atom. The number of hydrogen-bond donors (Lipinski definition) is 1. The van der Waals surface area contributed by atoms with Crippen molar-refractivity contribution in [2.45, 2.75) is 39.3 Å². The van der Waals surface area contributed by atoms with E-state index in [2.05, 4.69) is 41.5 Å². The van der Waals surface area contributed by atoms with E-state index in [1.54, 1.807) is 11.3 Å². The molecule has 3 nitrogen and oxygen atoms in total. The van der Waals surface area contributed by atoms with Crippen molar-refractivity contribution in [3.63, 3.8) is 0 Å². The van der Waals surface area contributed by atoms with E-state index in [0.29, 0.717) is 6.04 Å². The Morgan fingerprint density at radius 1 is 1.56 bits per heavy atom. The van der Waals surface area contributed by atoms with E-state index < -0.39 is 0 Å². The van der Waals surface area contributed by atoms with Gasteiger partial charge in [0.05, 0.1) is 5.69 Å². The van der Waals surface area contributed by atoms with E-state index in [1.165, 1.54) is 19.4 Å². The van der Waals surface area contributed by atoms with E-state index >= 15 is 0 Å². The Kier molecular flexibility index (Phi) is 3.82. The first-order valence-electron chi connectivity index (χ1n) is 6.04. The molecule has 0 unspecified atom stereocenters. The van der Waals surface area contributed by atoms with Crippen molar-refractivity contribution in [3.05, 3.63) is 11.1 Å². The van der Waals surface area contributed by atoms with Crippen LogP contribution >= 0.6 is 11.3 Å². The number of rotatable bonds is 6. The van der Waals surface area contributed by atoms with Crippen LogP contribution < -0.4 is 10.2 Å². The van der Waals surface area contributed by atoms with Crippen molar-refractivity contribution in [1.29, 1.82) is 0 Å². The van der Waals surface area contributed by atoms with Crippen LogP contribution in [0.5, 0.6) is 0 Å². The lowest BCUT2D eigenvalue weighted by Crippen LogP contribution is -2.22. The van der Waals surface area contributed by atoms with Gasteiger partial charge in [-0.25, -0.2) is 4.98 Å². The molecule has 0 saturated heterocycles. The maximum Gasteiger partial charge on any atom is 0.185 e. The topological polar surface area (TPSA) is 28.2 Å². The number of anilines is 1. The third kappa shape index (κ3) is 3.46. The lowest BCUT2D eigenvalue weighted by atomic mass is 10.4. The Labute approximate surface area is 102 Å². The summed E-state index contributed by atoms with van der Waals surface area (Å²) in [5, 5.41) is 6.71. The zero-order valence-corrected chi connectivity index (χ0v) is 11.2. The van der Waals surface area contributed by atoms with Gasteiger partial charge in [-0.3, -0.25) is 0 Å². The predicted molar refractivity (Wildman–Crippen MR) is 70.1 cm³/mol. The van der Waals surface area contributed by atoms with Gasteiger partial charge in [-0.05, 0) is 18.8 Å². The molecule has 0 spiro atoms. The van der Waals surface area contributed by atoms with Gasteiger partial charge in [0, 0.05) is 31.6 Å². The molecule has 16 heavy (non-hydrogen) atoms. The molecule has 1 fully saturated rings. The van der Waals surface area contributed by atoms with Crippen molar-refractivity contribution in [2.75, 3.05) is 18.5 Å². The Bertz CT molecular complexity index is 331. The van der Waals surface area contributed by atoms with E-state index in [9.17, 15) is 0 Å². The quantitative estimate of drug-likeness (QED) is 0.826. The summed E-state index contributed by atoms with van der Waals surface area (Å²) in [4.78, 5) is 6.94. The smallest absolute Gasteiger partial charge is 0.185 e. The zero-order valence-electron chi connectivity index (χ0n) is 10.4. The third-order valence-electron chi connectivity index (χ3n) is 2.79. The fourth-order valence-electron chi connectivity index (χ4n) is 1.63. The average Bonchev–Trinajstić information content (AvgIpc) is 2.92. The number of thiazole rings is 1. The van der Waals surface area contributed by atoms with Crippen molar-refractivity contribution < 1.29 is 0 Å². The Hall–Kier alpha value is -0.610.